The number of fused-ring (bicyclic) bond motifs is 2. The molecule has 17 heavy (non-hydrogen) atoms. The molecule has 3 rings (SSSR count). The second kappa shape index (κ2) is 5.21. The summed E-state index contributed by atoms with van der Waals surface area (Å²) in [5.74, 6) is 0.123. The van der Waals surface area contributed by atoms with Gasteiger partial charge in [-0.1, -0.05) is 0 Å². The molecule has 4 nitrogen and oxygen atoms in total. The number of aromatic nitrogens is 1. The van der Waals surface area contributed by atoms with E-state index in [4.69, 9.17) is 0 Å². The van der Waals surface area contributed by atoms with Crippen molar-refractivity contribution >= 4 is 36.4 Å². The topological polar surface area (TPSA) is 54.0 Å². The highest BCUT2D eigenvalue weighted by Gasteiger charge is 2.48. The van der Waals surface area contributed by atoms with E-state index in [9.17, 15) is 4.79 Å². The minimum Gasteiger partial charge on any atom is -0.324 e. The highest BCUT2D eigenvalue weighted by atomic mass is 35.5. The molecule has 1 saturated heterocycles. The first kappa shape index (κ1) is 14.2. The first-order chi connectivity index (χ1) is 7.33. The van der Waals surface area contributed by atoms with Gasteiger partial charge in [0.2, 0.25) is 5.91 Å². The van der Waals surface area contributed by atoms with Crippen molar-refractivity contribution in [3.63, 3.8) is 0 Å². The van der Waals surface area contributed by atoms with Crippen LogP contribution in [0.2, 0.25) is 0 Å². The predicted octanol–water partition coefficient (Wildman–Crippen LogP) is 1.50. The number of pyridine rings is 1. The van der Waals surface area contributed by atoms with Gasteiger partial charge in [-0.15, -0.1) is 24.8 Å². The van der Waals surface area contributed by atoms with Gasteiger partial charge in [0, 0.05) is 6.20 Å². The molecular formula is C11H15Cl2N3O. The normalized spacial score (nSPS) is 19.9. The molecule has 3 heterocycles. The number of nitrogens with zero attached hydrogens (tertiary/aromatic N) is 1. The van der Waals surface area contributed by atoms with E-state index in [2.05, 4.69) is 15.6 Å². The third kappa shape index (κ3) is 2.01. The van der Waals surface area contributed by atoms with Crippen LogP contribution in [0.4, 0.5) is 5.69 Å². The lowest BCUT2D eigenvalue weighted by Gasteiger charge is -2.30. The summed E-state index contributed by atoms with van der Waals surface area (Å²) in [6, 6.07) is 3.79. The first-order valence-electron chi connectivity index (χ1n) is 5.31. The van der Waals surface area contributed by atoms with Crippen LogP contribution in [0.15, 0.2) is 18.3 Å². The molecule has 0 atom stereocenters. The van der Waals surface area contributed by atoms with Crippen LogP contribution in [0.1, 0.15) is 18.5 Å². The number of rotatable bonds is 0. The summed E-state index contributed by atoms with van der Waals surface area (Å²) in [5.41, 5.74) is 1.47. The molecule has 1 spiro atoms. The third-order valence-corrected chi connectivity index (χ3v) is 3.40. The fourth-order valence-corrected chi connectivity index (χ4v) is 2.55. The minimum atomic E-state index is -0.359. The van der Waals surface area contributed by atoms with Crippen molar-refractivity contribution in [2.24, 2.45) is 0 Å². The largest absolute Gasteiger partial charge is 0.324 e. The SMILES string of the molecule is Cl.Cl.O=C1Nc2cccnc2C12CCNCC2. The zero-order valence-electron chi connectivity index (χ0n) is 9.23. The number of piperidine rings is 1. The van der Waals surface area contributed by atoms with E-state index in [1.165, 1.54) is 0 Å². The van der Waals surface area contributed by atoms with E-state index in [-0.39, 0.29) is 36.1 Å². The van der Waals surface area contributed by atoms with Crippen LogP contribution in [0, 0.1) is 0 Å². The summed E-state index contributed by atoms with van der Waals surface area (Å²) in [5, 5.41) is 6.21. The summed E-state index contributed by atoms with van der Waals surface area (Å²) in [7, 11) is 0. The second-order valence-corrected chi connectivity index (χ2v) is 4.19. The molecule has 2 N–H and O–H groups in total. The van der Waals surface area contributed by atoms with E-state index in [0.29, 0.717) is 0 Å². The second-order valence-electron chi connectivity index (χ2n) is 4.19. The summed E-state index contributed by atoms with van der Waals surface area (Å²) < 4.78 is 0. The van der Waals surface area contributed by atoms with E-state index >= 15 is 0 Å². The van der Waals surface area contributed by atoms with Crippen molar-refractivity contribution in [2.45, 2.75) is 18.3 Å². The van der Waals surface area contributed by atoms with Crippen molar-refractivity contribution in [3.8, 4) is 0 Å². The third-order valence-electron chi connectivity index (χ3n) is 3.40. The van der Waals surface area contributed by atoms with Crippen LogP contribution < -0.4 is 10.6 Å². The Hall–Kier alpha value is -0.840. The Morgan fingerprint density at radius 2 is 1.94 bits per heavy atom. The van der Waals surface area contributed by atoms with Gasteiger partial charge in [-0.25, -0.2) is 0 Å². The number of carbonyl (C=O) groups excluding carboxylic acids is 1. The Labute approximate surface area is 112 Å². The number of hydrogen-bond donors (Lipinski definition) is 2. The van der Waals surface area contributed by atoms with Gasteiger partial charge in [-0.05, 0) is 38.1 Å². The molecule has 0 bridgehead atoms. The van der Waals surface area contributed by atoms with Gasteiger partial charge in [0.1, 0.15) is 0 Å². The molecule has 0 aromatic carbocycles. The minimum absolute atomic E-state index is 0. The van der Waals surface area contributed by atoms with E-state index < -0.39 is 0 Å². The highest BCUT2D eigenvalue weighted by Crippen LogP contribution is 2.41. The Morgan fingerprint density at radius 1 is 1.24 bits per heavy atom. The zero-order valence-corrected chi connectivity index (χ0v) is 10.9. The summed E-state index contributed by atoms with van der Waals surface area (Å²) in [4.78, 5) is 16.4. The summed E-state index contributed by atoms with van der Waals surface area (Å²) in [6.07, 6.45) is 3.47. The van der Waals surface area contributed by atoms with Crippen LogP contribution >= 0.6 is 24.8 Å². The Bertz CT molecular complexity index is 419. The monoisotopic (exact) mass is 275 g/mol. The number of halogens is 2. The first-order valence-corrected chi connectivity index (χ1v) is 5.31. The fourth-order valence-electron chi connectivity index (χ4n) is 2.55. The molecule has 0 radical (unpaired) electrons. The number of nitrogens with one attached hydrogen (secondary N) is 2. The van der Waals surface area contributed by atoms with Gasteiger partial charge in [0.25, 0.3) is 0 Å². The molecule has 0 aliphatic carbocycles. The Balaban J connectivity index is 0.000000722. The smallest absolute Gasteiger partial charge is 0.236 e. The van der Waals surface area contributed by atoms with Gasteiger partial charge >= 0.3 is 0 Å². The van der Waals surface area contributed by atoms with Crippen LogP contribution in [-0.2, 0) is 10.2 Å². The lowest BCUT2D eigenvalue weighted by atomic mass is 9.77. The van der Waals surface area contributed by atoms with Crippen molar-refractivity contribution in [3.05, 3.63) is 24.0 Å². The van der Waals surface area contributed by atoms with Gasteiger partial charge in [0.15, 0.2) is 0 Å². The number of anilines is 1. The number of amides is 1. The molecule has 1 amide bonds. The van der Waals surface area contributed by atoms with E-state index in [0.717, 1.165) is 37.3 Å². The van der Waals surface area contributed by atoms with Crippen molar-refractivity contribution in [2.75, 3.05) is 18.4 Å². The maximum absolute atomic E-state index is 12.0. The quantitative estimate of drug-likeness (QED) is 0.755. The predicted molar refractivity (Wildman–Crippen MR) is 71.1 cm³/mol. The van der Waals surface area contributed by atoms with Crippen molar-refractivity contribution < 1.29 is 4.79 Å². The lowest BCUT2D eigenvalue weighted by Crippen LogP contribution is -2.44. The van der Waals surface area contributed by atoms with Gasteiger partial charge < -0.3 is 10.6 Å². The van der Waals surface area contributed by atoms with Gasteiger partial charge in [0.05, 0.1) is 16.8 Å². The summed E-state index contributed by atoms with van der Waals surface area (Å²) >= 11 is 0. The fraction of sp³-hybridized carbons (Fsp3) is 0.455. The van der Waals surface area contributed by atoms with Crippen LogP contribution in [-0.4, -0.2) is 24.0 Å². The number of carbonyl (C=O) groups is 1. The van der Waals surface area contributed by atoms with Gasteiger partial charge in [-0.3, -0.25) is 9.78 Å². The van der Waals surface area contributed by atoms with Crippen LogP contribution in [0.25, 0.3) is 0 Å². The van der Waals surface area contributed by atoms with Crippen molar-refractivity contribution in [1.82, 2.24) is 10.3 Å². The molecule has 1 fully saturated rings. The maximum Gasteiger partial charge on any atom is 0.236 e. The Kier molecular flexibility index (Phi) is 4.36. The van der Waals surface area contributed by atoms with E-state index in [1.807, 2.05) is 12.1 Å². The molecule has 1 aromatic heterocycles. The molecule has 94 valence electrons. The molecule has 2 aliphatic heterocycles. The average molecular weight is 276 g/mol. The molecular weight excluding hydrogens is 261 g/mol. The molecule has 0 unspecified atom stereocenters. The van der Waals surface area contributed by atoms with Crippen LogP contribution in [0.3, 0.4) is 0 Å². The molecule has 1 aromatic rings. The van der Waals surface area contributed by atoms with Crippen molar-refractivity contribution in [1.29, 1.82) is 0 Å². The average Bonchev–Trinajstić information content (AvgIpc) is 2.55. The van der Waals surface area contributed by atoms with E-state index in [1.54, 1.807) is 6.20 Å². The zero-order chi connectivity index (χ0) is 10.3. The molecule has 2 aliphatic rings. The molecule has 0 saturated carbocycles. The highest BCUT2D eigenvalue weighted by molar-refractivity contribution is 6.05. The Morgan fingerprint density at radius 3 is 2.65 bits per heavy atom. The molecule has 6 heteroatoms. The van der Waals surface area contributed by atoms with Crippen LogP contribution in [0.5, 0.6) is 0 Å². The van der Waals surface area contributed by atoms with Gasteiger partial charge in [-0.2, -0.15) is 0 Å². The standard InChI is InChI=1S/C11H13N3O.2ClH/c15-10-11(3-6-12-7-4-11)9-8(14-10)2-1-5-13-9;;/h1-2,5,12H,3-4,6-7H2,(H,14,15);2*1H. The summed E-state index contributed by atoms with van der Waals surface area (Å²) in [6.45, 7) is 1.78. The lowest BCUT2D eigenvalue weighted by molar-refractivity contribution is -0.121. The number of hydrogen-bond acceptors (Lipinski definition) is 3. The maximum atomic E-state index is 12.0.